The summed E-state index contributed by atoms with van der Waals surface area (Å²) in [5.74, 6) is -0.266. The fourth-order valence-corrected chi connectivity index (χ4v) is 1.15. The molecule has 1 aromatic rings. The molecule has 1 heterocycles. The molecule has 0 fully saturated rings. The number of nitrogens with zero attached hydrogens (tertiary/aromatic N) is 2. The van der Waals surface area contributed by atoms with Crippen molar-refractivity contribution in [1.29, 1.82) is 0 Å². The molecule has 4 heteroatoms. The molecule has 0 aliphatic carbocycles. The second-order valence-corrected chi connectivity index (χ2v) is 3.28. The van der Waals surface area contributed by atoms with Gasteiger partial charge in [0.1, 0.15) is 0 Å². The Morgan fingerprint density at radius 2 is 2.36 bits per heavy atom. The minimum Gasteiger partial charge on any atom is -0.370 e. The number of aromatic nitrogens is 1. The number of hydrogen-bond acceptors (Lipinski definition) is 3. The van der Waals surface area contributed by atoms with E-state index in [1.807, 2.05) is 30.1 Å². The molecular formula is C10H15N3O. The highest BCUT2D eigenvalue weighted by Gasteiger charge is 2.02. The van der Waals surface area contributed by atoms with Crippen LogP contribution in [0.3, 0.4) is 0 Å². The van der Waals surface area contributed by atoms with Gasteiger partial charge in [0.15, 0.2) is 0 Å². The van der Waals surface area contributed by atoms with Gasteiger partial charge in [-0.1, -0.05) is 6.07 Å². The summed E-state index contributed by atoms with van der Waals surface area (Å²) in [6.45, 7) is 1.42. The average molecular weight is 193 g/mol. The molecule has 0 spiro atoms. The third-order valence-electron chi connectivity index (χ3n) is 1.90. The van der Waals surface area contributed by atoms with Crippen LogP contribution >= 0.6 is 0 Å². The maximum absolute atomic E-state index is 10.5. The van der Waals surface area contributed by atoms with E-state index in [1.54, 1.807) is 6.20 Å². The number of primary amides is 1. The lowest BCUT2D eigenvalue weighted by Gasteiger charge is -2.14. The van der Waals surface area contributed by atoms with Crippen LogP contribution in [-0.2, 0) is 11.3 Å². The lowest BCUT2D eigenvalue weighted by atomic mass is 10.3. The zero-order valence-electron chi connectivity index (χ0n) is 8.31. The zero-order chi connectivity index (χ0) is 10.4. The SMILES string of the molecule is CN(CCC(N)=O)Cc1ccccn1. The van der Waals surface area contributed by atoms with E-state index in [-0.39, 0.29) is 5.91 Å². The van der Waals surface area contributed by atoms with Crippen LogP contribution in [0.25, 0.3) is 0 Å². The Morgan fingerprint density at radius 1 is 1.57 bits per heavy atom. The maximum Gasteiger partial charge on any atom is 0.218 e. The Morgan fingerprint density at radius 3 is 2.93 bits per heavy atom. The number of carbonyl (C=O) groups excluding carboxylic acids is 1. The van der Waals surface area contributed by atoms with Gasteiger partial charge in [-0.3, -0.25) is 9.78 Å². The summed E-state index contributed by atoms with van der Waals surface area (Å²) in [5.41, 5.74) is 6.05. The molecule has 1 aromatic heterocycles. The molecule has 0 aromatic carbocycles. The topological polar surface area (TPSA) is 59.2 Å². The summed E-state index contributed by atoms with van der Waals surface area (Å²) < 4.78 is 0. The molecule has 2 N–H and O–H groups in total. The van der Waals surface area contributed by atoms with E-state index in [0.717, 1.165) is 12.2 Å². The molecule has 0 atom stereocenters. The van der Waals surface area contributed by atoms with E-state index in [0.29, 0.717) is 13.0 Å². The minimum absolute atomic E-state index is 0.266. The smallest absolute Gasteiger partial charge is 0.218 e. The number of carbonyl (C=O) groups is 1. The van der Waals surface area contributed by atoms with Gasteiger partial charge in [0.05, 0.1) is 5.69 Å². The first-order valence-electron chi connectivity index (χ1n) is 4.55. The Balaban J connectivity index is 2.34. The normalized spacial score (nSPS) is 10.4. The summed E-state index contributed by atoms with van der Waals surface area (Å²) in [6.07, 6.45) is 2.15. The van der Waals surface area contributed by atoms with Crippen molar-refractivity contribution < 1.29 is 4.79 Å². The molecule has 0 aliphatic rings. The highest BCUT2D eigenvalue weighted by molar-refractivity contribution is 5.73. The summed E-state index contributed by atoms with van der Waals surface area (Å²) >= 11 is 0. The van der Waals surface area contributed by atoms with Crippen LogP contribution in [0.4, 0.5) is 0 Å². The van der Waals surface area contributed by atoms with Crippen molar-refractivity contribution in [2.75, 3.05) is 13.6 Å². The van der Waals surface area contributed by atoms with Crippen LogP contribution in [0.2, 0.25) is 0 Å². The van der Waals surface area contributed by atoms with Gasteiger partial charge < -0.3 is 10.6 Å². The number of amides is 1. The average Bonchev–Trinajstić information content (AvgIpc) is 2.16. The molecule has 1 rings (SSSR count). The molecular weight excluding hydrogens is 178 g/mol. The lowest BCUT2D eigenvalue weighted by molar-refractivity contribution is -0.118. The molecule has 0 saturated carbocycles. The van der Waals surface area contributed by atoms with Gasteiger partial charge in [-0.05, 0) is 19.2 Å². The Kier molecular flexibility index (Phi) is 4.07. The van der Waals surface area contributed by atoms with Crippen LogP contribution < -0.4 is 5.73 Å². The summed E-state index contributed by atoms with van der Waals surface area (Å²) in [7, 11) is 1.94. The van der Waals surface area contributed by atoms with Gasteiger partial charge in [0.25, 0.3) is 0 Å². The molecule has 0 bridgehead atoms. The van der Waals surface area contributed by atoms with Crippen molar-refractivity contribution in [3.63, 3.8) is 0 Å². The van der Waals surface area contributed by atoms with Crippen LogP contribution in [0.15, 0.2) is 24.4 Å². The highest BCUT2D eigenvalue weighted by atomic mass is 16.1. The van der Waals surface area contributed by atoms with E-state index in [2.05, 4.69) is 4.98 Å². The standard InChI is InChI=1S/C10H15N3O/c1-13(7-5-10(11)14)8-9-4-2-3-6-12-9/h2-4,6H,5,7-8H2,1H3,(H2,11,14). The number of rotatable bonds is 5. The van der Waals surface area contributed by atoms with Crippen LogP contribution in [0, 0.1) is 0 Å². The van der Waals surface area contributed by atoms with E-state index < -0.39 is 0 Å². The summed E-state index contributed by atoms with van der Waals surface area (Å²) in [6, 6.07) is 5.79. The predicted molar refractivity (Wildman–Crippen MR) is 54.4 cm³/mol. The van der Waals surface area contributed by atoms with Gasteiger partial charge >= 0.3 is 0 Å². The minimum atomic E-state index is -0.266. The first-order chi connectivity index (χ1) is 6.68. The van der Waals surface area contributed by atoms with Crippen LogP contribution in [-0.4, -0.2) is 29.4 Å². The highest BCUT2D eigenvalue weighted by Crippen LogP contribution is 1.98. The van der Waals surface area contributed by atoms with Crippen molar-refractivity contribution in [3.8, 4) is 0 Å². The van der Waals surface area contributed by atoms with E-state index in [1.165, 1.54) is 0 Å². The first-order valence-corrected chi connectivity index (χ1v) is 4.55. The number of pyridine rings is 1. The van der Waals surface area contributed by atoms with E-state index in [4.69, 9.17) is 5.73 Å². The summed E-state index contributed by atoms with van der Waals surface area (Å²) in [4.78, 5) is 16.7. The van der Waals surface area contributed by atoms with Gasteiger partial charge in [-0.2, -0.15) is 0 Å². The lowest BCUT2D eigenvalue weighted by Crippen LogP contribution is -2.24. The second kappa shape index (κ2) is 5.34. The van der Waals surface area contributed by atoms with Crippen molar-refractivity contribution in [2.45, 2.75) is 13.0 Å². The van der Waals surface area contributed by atoms with Crippen molar-refractivity contribution >= 4 is 5.91 Å². The third kappa shape index (κ3) is 4.00. The molecule has 4 nitrogen and oxygen atoms in total. The quantitative estimate of drug-likeness (QED) is 0.735. The number of hydrogen-bond donors (Lipinski definition) is 1. The Hall–Kier alpha value is -1.42. The maximum atomic E-state index is 10.5. The number of nitrogens with two attached hydrogens (primary N) is 1. The van der Waals surface area contributed by atoms with Crippen molar-refractivity contribution in [2.24, 2.45) is 5.73 Å². The third-order valence-corrected chi connectivity index (χ3v) is 1.90. The largest absolute Gasteiger partial charge is 0.370 e. The van der Waals surface area contributed by atoms with Crippen molar-refractivity contribution in [3.05, 3.63) is 30.1 Å². The Bertz CT molecular complexity index is 287. The fourth-order valence-electron chi connectivity index (χ4n) is 1.15. The van der Waals surface area contributed by atoms with Crippen LogP contribution in [0.1, 0.15) is 12.1 Å². The predicted octanol–water partition coefficient (Wildman–Crippen LogP) is 0.389. The summed E-state index contributed by atoms with van der Waals surface area (Å²) in [5, 5.41) is 0. The van der Waals surface area contributed by atoms with Gasteiger partial charge in [-0.25, -0.2) is 0 Å². The fraction of sp³-hybridized carbons (Fsp3) is 0.400. The molecule has 0 aliphatic heterocycles. The van der Waals surface area contributed by atoms with Gasteiger partial charge in [0.2, 0.25) is 5.91 Å². The second-order valence-electron chi connectivity index (χ2n) is 3.28. The van der Waals surface area contributed by atoms with Gasteiger partial charge in [0, 0.05) is 25.7 Å². The molecule has 0 unspecified atom stereocenters. The zero-order valence-corrected chi connectivity index (χ0v) is 8.31. The molecule has 14 heavy (non-hydrogen) atoms. The van der Waals surface area contributed by atoms with Crippen molar-refractivity contribution in [1.82, 2.24) is 9.88 Å². The monoisotopic (exact) mass is 193 g/mol. The van der Waals surface area contributed by atoms with E-state index in [9.17, 15) is 4.79 Å². The molecule has 0 radical (unpaired) electrons. The first kappa shape index (κ1) is 10.7. The molecule has 1 amide bonds. The van der Waals surface area contributed by atoms with Crippen LogP contribution in [0.5, 0.6) is 0 Å². The van der Waals surface area contributed by atoms with E-state index >= 15 is 0 Å². The molecule has 0 saturated heterocycles. The molecule has 76 valence electrons. The Labute approximate surface area is 83.7 Å². The van der Waals surface area contributed by atoms with Gasteiger partial charge in [-0.15, -0.1) is 0 Å².